The Morgan fingerprint density at radius 2 is 0.529 bits per heavy atom. The number of alkyl halides is 12. The van der Waals surface area contributed by atoms with Crippen molar-refractivity contribution in [3.05, 3.63) is 192 Å². The van der Waals surface area contributed by atoms with E-state index in [4.69, 9.17) is 8.83 Å². The number of hydrogen-bond donors (Lipinski definition) is 0. The van der Waals surface area contributed by atoms with Gasteiger partial charge in [-0.25, -0.2) is 0 Å². The Kier molecular flexibility index (Phi) is 9.95. The molecule has 0 bridgehead atoms. The van der Waals surface area contributed by atoms with Gasteiger partial charge in [-0.1, -0.05) is 12.1 Å². The lowest BCUT2D eigenvalue weighted by atomic mass is 10.0. The van der Waals surface area contributed by atoms with Crippen molar-refractivity contribution in [3.63, 3.8) is 0 Å². The summed E-state index contributed by atoms with van der Waals surface area (Å²) in [7, 11) is 0. The highest BCUT2D eigenvalue weighted by Crippen LogP contribution is 2.46. The van der Waals surface area contributed by atoms with Gasteiger partial charge in [-0.15, -0.1) is 0 Å². The second kappa shape index (κ2) is 15.7. The van der Waals surface area contributed by atoms with Crippen LogP contribution in [0, 0.1) is 0 Å². The van der Waals surface area contributed by atoms with Crippen LogP contribution in [0.3, 0.4) is 0 Å². The summed E-state index contributed by atoms with van der Waals surface area (Å²) < 4.78 is 175. The summed E-state index contributed by atoms with van der Waals surface area (Å²) in [5, 5.41) is 5.73. The molecule has 2 aromatic heterocycles. The Bertz CT molecular complexity index is 3450. The highest BCUT2D eigenvalue weighted by molar-refractivity contribution is 6.22. The maximum atomic E-state index is 13.5. The van der Waals surface area contributed by atoms with E-state index in [-0.39, 0.29) is 22.7 Å². The van der Waals surface area contributed by atoms with Crippen molar-refractivity contribution in [1.29, 1.82) is 0 Å². The zero-order chi connectivity index (χ0) is 49.1. The quantitative estimate of drug-likeness (QED) is 0.156. The van der Waals surface area contributed by atoms with Gasteiger partial charge in [-0.05, 0) is 162 Å². The van der Waals surface area contributed by atoms with Gasteiger partial charge in [0.1, 0.15) is 22.3 Å². The van der Waals surface area contributed by atoms with Crippen molar-refractivity contribution in [2.45, 2.75) is 24.7 Å². The maximum Gasteiger partial charge on any atom is 0.416 e. The molecule has 0 aliphatic carbocycles. The third-order valence-electron chi connectivity index (χ3n) is 12.3. The van der Waals surface area contributed by atoms with E-state index in [1.807, 2.05) is 30.3 Å². The first-order valence-corrected chi connectivity index (χ1v) is 21.2. The lowest BCUT2D eigenvalue weighted by Crippen LogP contribution is -2.12. The Labute approximate surface area is 386 Å². The number of fused-ring (bicyclic) bond motifs is 10. The van der Waals surface area contributed by atoms with Gasteiger partial charge in [-0.3, -0.25) is 0 Å². The van der Waals surface area contributed by atoms with Crippen molar-refractivity contribution in [2.75, 3.05) is 9.80 Å². The van der Waals surface area contributed by atoms with Crippen LogP contribution < -0.4 is 9.80 Å². The van der Waals surface area contributed by atoms with Crippen molar-refractivity contribution < 1.29 is 61.5 Å². The second-order valence-electron chi connectivity index (χ2n) is 16.6. The van der Waals surface area contributed by atoms with Gasteiger partial charge in [0.05, 0.1) is 22.3 Å². The monoisotopic (exact) mass is 964 g/mol. The zero-order valence-corrected chi connectivity index (χ0v) is 35.4. The molecule has 0 saturated heterocycles. The van der Waals surface area contributed by atoms with Crippen LogP contribution >= 0.6 is 0 Å². The fourth-order valence-electron chi connectivity index (χ4n) is 8.96. The highest BCUT2D eigenvalue weighted by atomic mass is 19.4. The molecule has 0 spiro atoms. The normalized spacial score (nSPS) is 12.9. The van der Waals surface area contributed by atoms with E-state index in [1.165, 1.54) is 48.5 Å². The maximum absolute atomic E-state index is 13.5. The van der Waals surface area contributed by atoms with E-state index in [0.29, 0.717) is 55.3 Å². The van der Waals surface area contributed by atoms with E-state index in [2.05, 4.69) is 0 Å². The molecule has 70 heavy (non-hydrogen) atoms. The largest absolute Gasteiger partial charge is 0.455 e. The van der Waals surface area contributed by atoms with E-state index >= 15 is 0 Å². The Morgan fingerprint density at radius 1 is 0.257 bits per heavy atom. The molecular formula is C54H28F12N2O2. The molecule has 11 aromatic rings. The minimum Gasteiger partial charge on any atom is -0.455 e. The molecular weight excluding hydrogens is 937 g/mol. The van der Waals surface area contributed by atoms with Gasteiger partial charge in [0.2, 0.25) is 0 Å². The Balaban J connectivity index is 0.974. The predicted octanol–water partition coefficient (Wildman–Crippen LogP) is 18.8. The van der Waals surface area contributed by atoms with Crippen LogP contribution in [0.25, 0.3) is 65.4 Å². The van der Waals surface area contributed by atoms with Crippen LogP contribution in [0.5, 0.6) is 0 Å². The molecule has 0 aliphatic heterocycles. The summed E-state index contributed by atoms with van der Waals surface area (Å²) in [6.45, 7) is 0. The predicted molar refractivity (Wildman–Crippen MR) is 245 cm³/mol. The van der Waals surface area contributed by atoms with E-state index in [9.17, 15) is 52.7 Å². The summed E-state index contributed by atoms with van der Waals surface area (Å²) >= 11 is 0. The van der Waals surface area contributed by atoms with Crippen LogP contribution in [0.4, 0.5) is 86.8 Å². The molecule has 0 fully saturated rings. The lowest BCUT2D eigenvalue weighted by molar-refractivity contribution is -0.138. The van der Waals surface area contributed by atoms with Crippen molar-refractivity contribution in [3.8, 4) is 0 Å². The molecule has 0 radical (unpaired) electrons. The zero-order valence-electron chi connectivity index (χ0n) is 35.4. The van der Waals surface area contributed by atoms with Gasteiger partial charge < -0.3 is 18.6 Å². The molecule has 0 N–H and O–H groups in total. The van der Waals surface area contributed by atoms with Gasteiger partial charge in [0.15, 0.2) is 0 Å². The molecule has 0 unspecified atom stereocenters. The molecule has 9 aromatic carbocycles. The van der Waals surface area contributed by atoms with Crippen LogP contribution in [0.2, 0.25) is 0 Å². The number of furan rings is 2. The minimum absolute atomic E-state index is 0.276. The highest BCUT2D eigenvalue weighted by Gasteiger charge is 2.34. The van der Waals surface area contributed by atoms with Gasteiger partial charge in [0, 0.05) is 72.5 Å². The Hall–Kier alpha value is -8.14. The SMILES string of the molecule is FC(F)(F)c1ccc(N(c2ccc(C(F)(F)F)cc2)c2ccc3c(ccc4c5cc6c(cc5oc34)oc3c4ccc(N(c5ccc(C(F)(F)F)cc5)c5ccc(C(F)(F)F)cc5)cc4ccc63)c2)cc1. The summed E-state index contributed by atoms with van der Waals surface area (Å²) in [5.41, 5.74) is 0.498. The molecule has 0 aliphatic rings. The van der Waals surface area contributed by atoms with Crippen molar-refractivity contribution >= 4 is 99.5 Å². The fourth-order valence-corrected chi connectivity index (χ4v) is 8.96. The first kappa shape index (κ1) is 44.4. The topological polar surface area (TPSA) is 32.8 Å². The van der Waals surface area contributed by atoms with Crippen LogP contribution in [0.1, 0.15) is 22.3 Å². The first-order chi connectivity index (χ1) is 33.2. The Morgan fingerprint density at radius 3 is 0.814 bits per heavy atom. The van der Waals surface area contributed by atoms with Crippen molar-refractivity contribution in [2.24, 2.45) is 0 Å². The minimum atomic E-state index is -4.60. The summed E-state index contributed by atoms with van der Waals surface area (Å²) in [6, 6.07) is 38.8. The molecule has 0 atom stereocenters. The summed E-state index contributed by atoms with van der Waals surface area (Å²) in [6.07, 6.45) is -18.4. The van der Waals surface area contributed by atoms with Crippen LogP contribution in [-0.4, -0.2) is 0 Å². The number of hydrogen-bond acceptors (Lipinski definition) is 4. The molecule has 2 heterocycles. The molecule has 4 nitrogen and oxygen atoms in total. The third-order valence-corrected chi connectivity index (χ3v) is 12.3. The van der Waals surface area contributed by atoms with E-state index < -0.39 is 47.0 Å². The van der Waals surface area contributed by atoms with Crippen molar-refractivity contribution in [1.82, 2.24) is 0 Å². The van der Waals surface area contributed by atoms with E-state index in [0.717, 1.165) is 70.1 Å². The average Bonchev–Trinajstić information content (AvgIpc) is 3.88. The average molecular weight is 965 g/mol. The first-order valence-electron chi connectivity index (χ1n) is 21.2. The van der Waals surface area contributed by atoms with Crippen LogP contribution in [-0.2, 0) is 24.7 Å². The fraction of sp³-hybridized carbons (Fsp3) is 0.0741. The number of halogens is 12. The number of benzene rings is 9. The smallest absolute Gasteiger partial charge is 0.416 e. The van der Waals surface area contributed by atoms with E-state index in [1.54, 1.807) is 52.3 Å². The molecule has 16 heteroatoms. The van der Waals surface area contributed by atoms with Gasteiger partial charge >= 0.3 is 24.7 Å². The van der Waals surface area contributed by atoms with Crippen LogP contribution in [0.15, 0.2) is 179 Å². The second-order valence-corrected chi connectivity index (χ2v) is 16.6. The number of anilines is 6. The van der Waals surface area contributed by atoms with Gasteiger partial charge in [0.25, 0.3) is 0 Å². The number of rotatable bonds is 6. The standard InChI is InChI=1S/C54H28F12N2O2/c55-51(56,57)31-3-11-35(12-4-31)67(36-13-5-32(6-14-36)52(58,59)60)39-19-23-41-29(25-39)1-21-43-45-27-46-44-22-2-30-26-40(20-24-42(30)50(44)70-48(46)28-47(45)69-49(41)43)68(37-15-7-33(8-16-37)53(61,62)63)38-17-9-34(10-18-38)54(64,65)66/h1-28H. The molecule has 0 saturated carbocycles. The van der Waals surface area contributed by atoms with Gasteiger partial charge in [-0.2, -0.15) is 52.7 Å². The number of nitrogens with zero attached hydrogens (tertiary/aromatic N) is 2. The third kappa shape index (κ3) is 7.72. The summed E-state index contributed by atoms with van der Waals surface area (Å²) in [4.78, 5) is 3.11. The molecule has 11 rings (SSSR count). The lowest BCUT2D eigenvalue weighted by Gasteiger charge is -2.26. The summed E-state index contributed by atoms with van der Waals surface area (Å²) in [5.74, 6) is 0. The molecule has 350 valence electrons. The molecule has 0 amide bonds.